The number of esters is 1. The summed E-state index contributed by atoms with van der Waals surface area (Å²) in [5, 5.41) is 7.29. The van der Waals surface area contributed by atoms with Crippen LogP contribution in [0.5, 0.6) is 0 Å². The number of rotatable bonds is 6. The van der Waals surface area contributed by atoms with Crippen molar-refractivity contribution in [2.24, 2.45) is 0 Å². The van der Waals surface area contributed by atoms with Crippen LogP contribution in [0.15, 0.2) is 54.6 Å². The molecule has 0 bridgehead atoms. The van der Waals surface area contributed by atoms with Gasteiger partial charge in [-0.25, -0.2) is 4.68 Å². The van der Waals surface area contributed by atoms with Gasteiger partial charge in [0.15, 0.2) is 6.10 Å². The monoisotopic (exact) mass is 391 g/mol. The fourth-order valence-corrected chi connectivity index (χ4v) is 3.07. The number of carbonyl (C=O) groups is 2. The van der Waals surface area contributed by atoms with Crippen LogP contribution in [0.2, 0.25) is 0 Å². The number of aromatic nitrogens is 2. The molecule has 0 radical (unpaired) electrons. The van der Waals surface area contributed by atoms with Crippen molar-refractivity contribution in [3.63, 3.8) is 0 Å². The lowest BCUT2D eigenvalue weighted by atomic mass is 10.1. The van der Waals surface area contributed by atoms with Gasteiger partial charge < -0.3 is 10.1 Å². The van der Waals surface area contributed by atoms with E-state index in [1.165, 1.54) is 0 Å². The van der Waals surface area contributed by atoms with Gasteiger partial charge in [0.2, 0.25) is 0 Å². The molecule has 0 aliphatic heterocycles. The molecule has 150 valence electrons. The van der Waals surface area contributed by atoms with E-state index in [9.17, 15) is 9.59 Å². The van der Waals surface area contributed by atoms with E-state index in [1.54, 1.807) is 6.92 Å². The molecule has 0 aliphatic carbocycles. The van der Waals surface area contributed by atoms with Crippen molar-refractivity contribution in [3.05, 3.63) is 77.1 Å². The van der Waals surface area contributed by atoms with E-state index in [1.807, 2.05) is 80.1 Å². The second-order valence-corrected chi connectivity index (χ2v) is 7.06. The molecule has 6 heteroatoms. The van der Waals surface area contributed by atoms with Crippen LogP contribution in [-0.4, -0.2) is 27.8 Å². The van der Waals surface area contributed by atoms with Gasteiger partial charge in [-0.05, 0) is 52.0 Å². The second-order valence-electron chi connectivity index (χ2n) is 7.06. The first-order chi connectivity index (χ1) is 13.8. The Labute approximate surface area is 170 Å². The SMILES string of the molecule is Cc1ccc(NC(=O)[C@@H](C)OC(=O)Cc2c(C)nn(-c3ccccc3)c2C)cc1. The highest BCUT2D eigenvalue weighted by molar-refractivity contribution is 5.95. The average molecular weight is 391 g/mol. The van der Waals surface area contributed by atoms with E-state index in [-0.39, 0.29) is 12.3 Å². The lowest BCUT2D eigenvalue weighted by molar-refractivity contribution is -0.152. The molecule has 3 rings (SSSR count). The summed E-state index contributed by atoms with van der Waals surface area (Å²) in [4.78, 5) is 24.7. The average Bonchev–Trinajstić information content (AvgIpc) is 2.98. The molecule has 29 heavy (non-hydrogen) atoms. The molecular formula is C23H25N3O3. The van der Waals surface area contributed by atoms with Crippen molar-refractivity contribution in [2.45, 2.75) is 40.2 Å². The largest absolute Gasteiger partial charge is 0.452 e. The van der Waals surface area contributed by atoms with Crippen molar-refractivity contribution in [2.75, 3.05) is 5.32 Å². The molecule has 0 unspecified atom stereocenters. The van der Waals surface area contributed by atoms with Crippen molar-refractivity contribution in [3.8, 4) is 5.69 Å². The standard InChI is InChI=1S/C23H25N3O3/c1-15-10-12-19(13-11-15)24-23(28)18(4)29-22(27)14-21-16(2)25-26(17(21)3)20-8-6-5-7-9-20/h5-13,18H,14H2,1-4H3,(H,24,28)/t18-/m1/s1. The summed E-state index contributed by atoms with van der Waals surface area (Å²) in [7, 11) is 0. The van der Waals surface area contributed by atoms with Crippen molar-refractivity contribution in [1.82, 2.24) is 9.78 Å². The molecule has 1 N–H and O–H groups in total. The van der Waals surface area contributed by atoms with E-state index in [4.69, 9.17) is 4.74 Å². The summed E-state index contributed by atoms with van der Waals surface area (Å²) in [6.45, 7) is 7.32. The summed E-state index contributed by atoms with van der Waals surface area (Å²) in [5.41, 5.74) is 5.15. The zero-order valence-corrected chi connectivity index (χ0v) is 17.1. The first kappa shape index (κ1) is 20.3. The Bertz CT molecular complexity index is 1010. The predicted octanol–water partition coefficient (Wildman–Crippen LogP) is 3.91. The third kappa shape index (κ3) is 4.90. The Balaban J connectivity index is 1.64. The lowest BCUT2D eigenvalue weighted by Crippen LogP contribution is -2.30. The van der Waals surface area contributed by atoms with Crippen molar-refractivity contribution >= 4 is 17.6 Å². The first-order valence-corrected chi connectivity index (χ1v) is 9.52. The van der Waals surface area contributed by atoms with E-state index in [2.05, 4.69) is 10.4 Å². The smallest absolute Gasteiger partial charge is 0.311 e. The zero-order chi connectivity index (χ0) is 21.0. The number of para-hydroxylation sites is 1. The van der Waals surface area contributed by atoms with Gasteiger partial charge in [0.25, 0.3) is 5.91 Å². The fourth-order valence-electron chi connectivity index (χ4n) is 3.07. The van der Waals surface area contributed by atoms with Gasteiger partial charge in [-0.3, -0.25) is 9.59 Å². The molecule has 0 aliphatic rings. The molecular weight excluding hydrogens is 366 g/mol. The molecule has 6 nitrogen and oxygen atoms in total. The molecule has 1 atom stereocenters. The molecule has 0 fully saturated rings. The normalized spacial score (nSPS) is 11.7. The molecule has 1 aromatic heterocycles. The van der Waals surface area contributed by atoms with Crippen molar-refractivity contribution < 1.29 is 14.3 Å². The second kappa shape index (κ2) is 8.73. The van der Waals surface area contributed by atoms with Gasteiger partial charge in [0.05, 0.1) is 17.8 Å². The Kier molecular flexibility index (Phi) is 6.12. The number of nitrogens with zero attached hydrogens (tertiary/aromatic N) is 2. The van der Waals surface area contributed by atoms with Gasteiger partial charge in [0, 0.05) is 16.9 Å². The number of ether oxygens (including phenoxy) is 1. The van der Waals surface area contributed by atoms with Crippen LogP contribution in [0.4, 0.5) is 5.69 Å². The molecule has 2 aromatic carbocycles. The lowest BCUT2D eigenvalue weighted by Gasteiger charge is -2.14. The maximum absolute atomic E-state index is 12.4. The number of hydrogen-bond acceptors (Lipinski definition) is 4. The molecule has 1 amide bonds. The molecule has 0 saturated heterocycles. The van der Waals surface area contributed by atoms with Crippen molar-refractivity contribution in [1.29, 1.82) is 0 Å². The summed E-state index contributed by atoms with van der Waals surface area (Å²) >= 11 is 0. The van der Waals surface area contributed by atoms with E-state index in [0.717, 1.165) is 28.2 Å². The predicted molar refractivity (Wildman–Crippen MR) is 112 cm³/mol. The number of carbonyl (C=O) groups excluding carboxylic acids is 2. The van der Waals surface area contributed by atoms with Gasteiger partial charge in [-0.1, -0.05) is 35.9 Å². The number of amides is 1. The first-order valence-electron chi connectivity index (χ1n) is 9.52. The van der Waals surface area contributed by atoms with E-state index >= 15 is 0 Å². The number of hydrogen-bond donors (Lipinski definition) is 1. The molecule has 3 aromatic rings. The van der Waals surface area contributed by atoms with Crippen LogP contribution < -0.4 is 5.32 Å². The fraction of sp³-hybridized carbons (Fsp3) is 0.261. The van der Waals surface area contributed by atoms with Crippen LogP contribution in [0.3, 0.4) is 0 Å². The van der Waals surface area contributed by atoms with Crippen LogP contribution in [0, 0.1) is 20.8 Å². The van der Waals surface area contributed by atoms with Crippen LogP contribution in [-0.2, 0) is 20.7 Å². The number of benzene rings is 2. The Hall–Kier alpha value is -3.41. The maximum Gasteiger partial charge on any atom is 0.311 e. The minimum Gasteiger partial charge on any atom is -0.452 e. The third-order valence-electron chi connectivity index (χ3n) is 4.76. The van der Waals surface area contributed by atoms with Crippen LogP contribution in [0.1, 0.15) is 29.4 Å². The van der Waals surface area contributed by atoms with Gasteiger partial charge >= 0.3 is 5.97 Å². The van der Waals surface area contributed by atoms with Gasteiger partial charge in [-0.15, -0.1) is 0 Å². The third-order valence-corrected chi connectivity index (χ3v) is 4.76. The minimum absolute atomic E-state index is 0.0622. The highest BCUT2D eigenvalue weighted by Gasteiger charge is 2.21. The summed E-state index contributed by atoms with van der Waals surface area (Å²) in [6, 6.07) is 17.2. The Morgan fingerprint density at radius 2 is 1.69 bits per heavy atom. The summed E-state index contributed by atoms with van der Waals surface area (Å²) in [6.07, 6.45) is -0.833. The Morgan fingerprint density at radius 3 is 2.34 bits per heavy atom. The molecule has 0 spiro atoms. The maximum atomic E-state index is 12.4. The molecule has 1 heterocycles. The van der Waals surface area contributed by atoms with Crippen LogP contribution >= 0.6 is 0 Å². The summed E-state index contributed by atoms with van der Waals surface area (Å²) in [5.74, 6) is -0.828. The van der Waals surface area contributed by atoms with E-state index < -0.39 is 12.1 Å². The van der Waals surface area contributed by atoms with Gasteiger partial charge in [-0.2, -0.15) is 5.10 Å². The zero-order valence-electron chi connectivity index (χ0n) is 17.1. The number of anilines is 1. The minimum atomic E-state index is -0.895. The van der Waals surface area contributed by atoms with Gasteiger partial charge in [0.1, 0.15) is 0 Å². The van der Waals surface area contributed by atoms with Crippen LogP contribution in [0.25, 0.3) is 5.69 Å². The quantitative estimate of drug-likeness (QED) is 0.647. The number of nitrogens with one attached hydrogen (secondary N) is 1. The highest BCUT2D eigenvalue weighted by Crippen LogP contribution is 2.19. The topological polar surface area (TPSA) is 73.2 Å². The Morgan fingerprint density at radius 1 is 1.03 bits per heavy atom. The number of aryl methyl sites for hydroxylation is 2. The summed E-state index contributed by atoms with van der Waals surface area (Å²) < 4.78 is 7.16. The highest BCUT2D eigenvalue weighted by atomic mass is 16.5. The van der Waals surface area contributed by atoms with E-state index in [0.29, 0.717) is 5.69 Å². The molecule has 0 saturated carbocycles.